The number of aliphatic hydroxyl groups excluding tert-OH is 2. The number of rotatable bonds is 21. The summed E-state index contributed by atoms with van der Waals surface area (Å²) in [7, 11) is 1.35. The highest BCUT2D eigenvalue weighted by molar-refractivity contribution is 5.92. The van der Waals surface area contributed by atoms with Crippen LogP contribution >= 0.6 is 0 Å². The number of aliphatic hydroxyl groups is 2. The van der Waals surface area contributed by atoms with Gasteiger partial charge >= 0.3 is 11.8 Å². The number of aromatic amines is 1. The number of allylic oxidation sites excluding steroid dienone is 1. The Kier molecular flexibility index (Phi) is 17.0. The third-order valence-corrected chi connectivity index (χ3v) is 9.00. The average molecular weight is 795 g/mol. The fraction of sp³-hybridized carbons (Fsp3) is 0.636. The van der Waals surface area contributed by atoms with Gasteiger partial charge in [-0.05, 0) is 38.1 Å². The molecule has 0 saturated carbocycles. The summed E-state index contributed by atoms with van der Waals surface area (Å²) in [6.07, 6.45) is -4.19. The molecule has 0 radical (unpaired) electrons. The topological polar surface area (TPSA) is 346 Å². The van der Waals surface area contributed by atoms with Gasteiger partial charge in [-0.3, -0.25) is 38.9 Å². The predicted octanol–water partition coefficient (Wildman–Crippen LogP) is -3.63. The SMILES string of the molecule is C=CCn1c(=O)n([C@@H]2O[C@H](CO)C(O)C2OC(=O)N(C)CCNC(=O)[C@H](CCCCN)NC(=O)[C@@H](NC(=O)CCCC(=O)NN)C(C)C)c2nc(N)[nH]c(=O)c21. The minimum Gasteiger partial charge on any atom is -0.438 e. The highest BCUT2D eigenvalue weighted by Crippen LogP contribution is 2.33. The molecule has 0 aliphatic carbocycles. The maximum absolute atomic E-state index is 13.6. The Morgan fingerprint density at radius 1 is 1.11 bits per heavy atom. The smallest absolute Gasteiger partial charge is 0.410 e. The van der Waals surface area contributed by atoms with Gasteiger partial charge in [-0.1, -0.05) is 19.9 Å². The second-order valence-corrected chi connectivity index (χ2v) is 13.5. The van der Waals surface area contributed by atoms with Crippen molar-refractivity contribution in [3.05, 3.63) is 33.5 Å². The number of ether oxygens (including phenoxy) is 2. The Bertz CT molecular complexity index is 1830. The van der Waals surface area contributed by atoms with Gasteiger partial charge in [0.1, 0.15) is 24.3 Å². The van der Waals surface area contributed by atoms with Gasteiger partial charge < -0.3 is 52.0 Å². The van der Waals surface area contributed by atoms with E-state index in [9.17, 15) is 43.8 Å². The molecule has 1 aliphatic rings. The molecule has 5 amide bonds. The third-order valence-electron chi connectivity index (χ3n) is 9.00. The van der Waals surface area contributed by atoms with E-state index < -0.39 is 84.2 Å². The number of carbonyl (C=O) groups excluding carboxylic acids is 5. The summed E-state index contributed by atoms with van der Waals surface area (Å²) in [5.41, 5.74) is 11.4. The number of likely N-dealkylation sites (N-methyl/N-ethyl adjacent to an activating group) is 1. The van der Waals surface area contributed by atoms with Crippen LogP contribution in [0.2, 0.25) is 0 Å². The summed E-state index contributed by atoms with van der Waals surface area (Å²) in [5, 5.41) is 28.9. The fourth-order valence-electron chi connectivity index (χ4n) is 5.98. The molecule has 1 fully saturated rings. The van der Waals surface area contributed by atoms with E-state index in [0.29, 0.717) is 19.4 Å². The summed E-state index contributed by atoms with van der Waals surface area (Å²) < 4.78 is 13.3. The molecule has 2 aromatic rings. The molecule has 56 heavy (non-hydrogen) atoms. The monoisotopic (exact) mass is 794 g/mol. The number of carbonyl (C=O) groups is 5. The van der Waals surface area contributed by atoms with E-state index in [1.807, 2.05) is 5.43 Å². The highest BCUT2D eigenvalue weighted by atomic mass is 16.6. The number of hydrogen-bond donors (Lipinski definition) is 10. The normalized spacial score (nSPS) is 18.9. The zero-order chi connectivity index (χ0) is 41.7. The van der Waals surface area contributed by atoms with Gasteiger partial charge in [0.05, 0.1) is 6.61 Å². The predicted molar refractivity (Wildman–Crippen MR) is 200 cm³/mol. The van der Waals surface area contributed by atoms with Crippen LogP contribution in [0.3, 0.4) is 0 Å². The molecular weight excluding hydrogens is 740 g/mol. The van der Waals surface area contributed by atoms with Crippen LogP contribution in [-0.2, 0) is 35.2 Å². The van der Waals surface area contributed by atoms with Gasteiger partial charge in [-0.15, -0.1) is 6.58 Å². The molecule has 23 nitrogen and oxygen atoms in total. The molecule has 1 aliphatic heterocycles. The Morgan fingerprint density at radius 2 is 1.80 bits per heavy atom. The fourth-order valence-corrected chi connectivity index (χ4v) is 5.98. The lowest BCUT2D eigenvalue weighted by Gasteiger charge is -2.26. The number of anilines is 1. The first-order chi connectivity index (χ1) is 26.6. The number of hydrazine groups is 1. The average Bonchev–Trinajstić information content (AvgIpc) is 3.60. The molecule has 23 heteroatoms. The molecule has 0 bridgehead atoms. The van der Waals surface area contributed by atoms with Crippen LogP contribution < -0.4 is 49.9 Å². The zero-order valence-electron chi connectivity index (χ0n) is 31.7. The van der Waals surface area contributed by atoms with Crippen LogP contribution in [0.5, 0.6) is 0 Å². The molecule has 13 N–H and O–H groups in total. The van der Waals surface area contributed by atoms with Gasteiger partial charge in [0.25, 0.3) is 5.56 Å². The van der Waals surface area contributed by atoms with Crippen LogP contribution in [0.25, 0.3) is 11.2 Å². The van der Waals surface area contributed by atoms with Gasteiger partial charge in [0, 0.05) is 39.5 Å². The van der Waals surface area contributed by atoms with E-state index in [1.54, 1.807) is 13.8 Å². The standard InChI is InChI=1S/C33H54N12O11/c1-5-14-44-23-26(40-31(35)41-29(23)52)45(32(44)53)30-25(24(49)19(16-46)55-30)56-33(54)43(4)15-13-37-27(50)18(9-6-7-12-34)38-28(51)22(17(2)3)39-20(47)10-8-11-21(48)42-36/h5,17-19,22,24-25,30,46,49H,1,6-16,34,36H2,2-4H3,(H,37,50)(H,38,51)(H,39,47)(H,42,48)(H3,35,40,41,52)/t18-,19+,22-,24?,25?,30+/m0/s1. The number of nitrogens with zero attached hydrogens (tertiary/aromatic N) is 4. The number of fused-ring (bicyclic) bond motifs is 1. The summed E-state index contributed by atoms with van der Waals surface area (Å²) in [6.45, 7) is 6.35. The van der Waals surface area contributed by atoms with Crippen LogP contribution in [-0.4, -0.2) is 128 Å². The van der Waals surface area contributed by atoms with Crippen molar-refractivity contribution in [2.24, 2.45) is 17.5 Å². The molecule has 0 spiro atoms. The highest BCUT2D eigenvalue weighted by Gasteiger charge is 2.49. The molecule has 3 rings (SSSR count). The first-order valence-corrected chi connectivity index (χ1v) is 18.1. The summed E-state index contributed by atoms with van der Waals surface area (Å²) in [5.74, 6) is 2.33. The molecule has 3 heterocycles. The van der Waals surface area contributed by atoms with Crippen molar-refractivity contribution >= 4 is 46.8 Å². The van der Waals surface area contributed by atoms with Crippen LogP contribution in [0, 0.1) is 5.92 Å². The van der Waals surface area contributed by atoms with Gasteiger partial charge in [-0.25, -0.2) is 20.0 Å². The van der Waals surface area contributed by atoms with Gasteiger partial charge in [0.15, 0.2) is 23.5 Å². The van der Waals surface area contributed by atoms with E-state index in [2.05, 4.69) is 32.5 Å². The van der Waals surface area contributed by atoms with Crippen LogP contribution in [0.1, 0.15) is 58.6 Å². The van der Waals surface area contributed by atoms with E-state index in [4.69, 9.17) is 26.8 Å². The molecule has 1 saturated heterocycles. The van der Waals surface area contributed by atoms with Gasteiger partial charge in [-0.2, -0.15) is 4.98 Å². The van der Waals surface area contributed by atoms with Crippen molar-refractivity contribution in [2.45, 2.75) is 95.5 Å². The van der Waals surface area contributed by atoms with Crippen LogP contribution in [0.15, 0.2) is 22.2 Å². The van der Waals surface area contributed by atoms with E-state index in [0.717, 1.165) is 14.0 Å². The Balaban J connectivity index is 1.69. The Labute approximate surface area is 321 Å². The lowest BCUT2D eigenvalue weighted by atomic mass is 10.0. The van der Waals surface area contributed by atoms with Crippen molar-refractivity contribution in [1.82, 2.24) is 45.4 Å². The molecule has 312 valence electrons. The largest absolute Gasteiger partial charge is 0.438 e. The van der Waals surface area contributed by atoms with Crippen LogP contribution in [0.4, 0.5) is 10.7 Å². The first-order valence-electron chi connectivity index (χ1n) is 18.1. The zero-order valence-corrected chi connectivity index (χ0v) is 31.7. The Morgan fingerprint density at radius 3 is 2.43 bits per heavy atom. The summed E-state index contributed by atoms with van der Waals surface area (Å²) >= 11 is 0. The quantitative estimate of drug-likeness (QED) is 0.0192. The number of H-pyrrole nitrogens is 1. The minimum absolute atomic E-state index is 0.0260. The number of hydrogen-bond acceptors (Lipinski definition) is 15. The first kappa shape index (κ1) is 45.0. The molecule has 6 atom stereocenters. The maximum atomic E-state index is 13.6. The summed E-state index contributed by atoms with van der Waals surface area (Å²) in [4.78, 5) is 97.6. The Hall–Kier alpha value is -5.36. The number of aromatic nitrogens is 4. The van der Waals surface area contributed by atoms with Crippen molar-refractivity contribution in [3.8, 4) is 0 Å². The maximum Gasteiger partial charge on any atom is 0.410 e. The number of nitrogen functional groups attached to an aromatic ring is 1. The minimum atomic E-state index is -1.62. The number of amides is 5. The molecule has 2 aromatic heterocycles. The molecular formula is C33H54N12O11. The number of unbranched alkanes of at least 4 members (excludes halogenated alkanes) is 1. The second-order valence-electron chi connectivity index (χ2n) is 13.5. The number of nitrogens with one attached hydrogen (secondary N) is 5. The lowest BCUT2D eigenvalue weighted by Crippen LogP contribution is -2.55. The van der Waals surface area contributed by atoms with E-state index >= 15 is 0 Å². The van der Waals surface area contributed by atoms with Crippen molar-refractivity contribution in [3.63, 3.8) is 0 Å². The molecule has 0 aromatic carbocycles. The third kappa shape index (κ3) is 11.3. The van der Waals surface area contributed by atoms with Crippen molar-refractivity contribution in [2.75, 3.05) is 39.0 Å². The van der Waals surface area contributed by atoms with Crippen molar-refractivity contribution in [1.29, 1.82) is 0 Å². The summed E-state index contributed by atoms with van der Waals surface area (Å²) in [6, 6.07) is -2.00. The van der Waals surface area contributed by atoms with E-state index in [-0.39, 0.29) is 68.3 Å². The second kappa shape index (κ2) is 21.1. The number of nitrogens with two attached hydrogens (primary N) is 3. The molecule has 2 unspecified atom stereocenters. The lowest BCUT2D eigenvalue weighted by molar-refractivity contribution is -0.133. The van der Waals surface area contributed by atoms with E-state index in [1.165, 1.54) is 13.1 Å². The van der Waals surface area contributed by atoms with Gasteiger partial charge in [0.2, 0.25) is 29.6 Å². The number of imidazole rings is 1. The van der Waals surface area contributed by atoms with Crippen molar-refractivity contribution < 1.29 is 43.7 Å².